The van der Waals surface area contributed by atoms with Gasteiger partial charge >= 0.3 is 0 Å². The fourth-order valence-corrected chi connectivity index (χ4v) is 3.95. The Morgan fingerprint density at radius 3 is 2.52 bits per heavy atom. The predicted molar refractivity (Wildman–Crippen MR) is 118 cm³/mol. The molecular weight excluding hydrogens is 367 g/mol. The number of hydrogen-bond acceptors (Lipinski definition) is 3. The molecule has 5 nitrogen and oxygen atoms in total. The topological polar surface area (TPSA) is 59.9 Å². The zero-order valence-electron chi connectivity index (χ0n) is 18.3. The van der Waals surface area contributed by atoms with Crippen molar-refractivity contribution in [3.8, 4) is 0 Å². The highest BCUT2D eigenvalue weighted by atomic mass is 19.1. The van der Waals surface area contributed by atoms with Crippen LogP contribution >= 0.6 is 0 Å². The van der Waals surface area contributed by atoms with Gasteiger partial charge in [-0.15, -0.1) is 0 Å². The van der Waals surface area contributed by atoms with E-state index in [0.717, 1.165) is 69.9 Å². The molecule has 0 bridgehead atoms. The number of hydrogen-bond donors (Lipinski definition) is 3. The van der Waals surface area contributed by atoms with Crippen LogP contribution in [0.15, 0.2) is 29.3 Å². The molecule has 1 aliphatic rings. The molecule has 3 N–H and O–H groups in total. The molecule has 1 unspecified atom stereocenters. The number of aliphatic hydroxyl groups is 1. The van der Waals surface area contributed by atoms with Gasteiger partial charge in [0.25, 0.3) is 0 Å². The third kappa shape index (κ3) is 9.13. The Morgan fingerprint density at radius 2 is 1.93 bits per heavy atom. The monoisotopic (exact) mass is 406 g/mol. The standard InChI is InChI=1S/C23H39FN4O/c1-4-25-23(26-16-20(11-14-29)15-18(2)3)27-22-9-12-28(13-10-22)17-19-5-7-21(24)8-6-19/h5-8,18,20,22,29H,4,9-17H2,1-3H3,(H2,25,26,27). The maximum absolute atomic E-state index is 13.1. The first-order valence-electron chi connectivity index (χ1n) is 11.1. The zero-order valence-corrected chi connectivity index (χ0v) is 18.3. The molecule has 6 heteroatoms. The fraction of sp³-hybridized carbons (Fsp3) is 0.696. The van der Waals surface area contributed by atoms with Gasteiger partial charge < -0.3 is 15.7 Å². The van der Waals surface area contributed by atoms with E-state index in [1.807, 2.05) is 12.1 Å². The average Bonchev–Trinajstić information content (AvgIpc) is 2.69. The summed E-state index contributed by atoms with van der Waals surface area (Å²) in [5.74, 6) is 1.74. The number of nitrogens with zero attached hydrogens (tertiary/aromatic N) is 2. The van der Waals surface area contributed by atoms with Gasteiger partial charge in [0.1, 0.15) is 5.82 Å². The van der Waals surface area contributed by atoms with Crippen molar-refractivity contribution in [3.05, 3.63) is 35.6 Å². The van der Waals surface area contributed by atoms with Crippen molar-refractivity contribution in [1.29, 1.82) is 0 Å². The van der Waals surface area contributed by atoms with Crippen molar-refractivity contribution >= 4 is 5.96 Å². The third-order valence-electron chi connectivity index (χ3n) is 5.44. The molecule has 1 fully saturated rings. The lowest BCUT2D eigenvalue weighted by Crippen LogP contribution is -2.48. The largest absolute Gasteiger partial charge is 0.396 e. The molecule has 0 aliphatic carbocycles. The van der Waals surface area contributed by atoms with E-state index in [0.29, 0.717) is 17.9 Å². The Hall–Kier alpha value is -1.66. The second-order valence-electron chi connectivity index (χ2n) is 8.55. The van der Waals surface area contributed by atoms with Crippen LogP contribution in [0, 0.1) is 17.7 Å². The van der Waals surface area contributed by atoms with Crippen LogP contribution in [0.2, 0.25) is 0 Å². The van der Waals surface area contributed by atoms with Crippen LogP contribution in [-0.2, 0) is 6.54 Å². The van der Waals surface area contributed by atoms with Gasteiger partial charge in [-0.1, -0.05) is 26.0 Å². The second kappa shape index (κ2) is 12.8. The molecule has 1 aromatic rings. The van der Waals surface area contributed by atoms with Crippen LogP contribution in [0.5, 0.6) is 0 Å². The molecule has 29 heavy (non-hydrogen) atoms. The summed E-state index contributed by atoms with van der Waals surface area (Å²) in [6, 6.07) is 7.22. The van der Waals surface area contributed by atoms with E-state index in [-0.39, 0.29) is 12.4 Å². The minimum atomic E-state index is -0.179. The number of rotatable bonds is 10. The summed E-state index contributed by atoms with van der Waals surface area (Å²) in [6.07, 6.45) is 4.03. The van der Waals surface area contributed by atoms with E-state index in [1.165, 1.54) is 12.1 Å². The van der Waals surface area contributed by atoms with Crippen LogP contribution in [0.4, 0.5) is 4.39 Å². The molecule has 0 saturated carbocycles. The zero-order chi connectivity index (χ0) is 21.1. The molecule has 1 saturated heterocycles. The summed E-state index contributed by atoms with van der Waals surface area (Å²) in [7, 11) is 0. The Labute approximate surface area is 175 Å². The van der Waals surface area contributed by atoms with Gasteiger partial charge in [-0.3, -0.25) is 9.89 Å². The highest BCUT2D eigenvalue weighted by Crippen LogP contribution is 2.16. The highest BCUT2D eigenvalue weighted by Gasteiger charge is 2.20. The lowest BCUT2D eigenvalue weighted by atomic mass is 9.94. The number of aliphatic imine (C=N–C) groups is 1. The van der Waals surface area contributed by atoms with E-state index in [9.17, 15) is 9.50 Å². The summed E-state index contributed by atoms with van der Waals surface area (Å²) < 4.78 is 13.1. The fourth-order valence-electron chi connectivity index (χ4n) is 3.95. The summed E-state index contributed by atoms with van der Waals surface area (Å²) in [5.41, 5.74) is 1.16. The van der Waals surface area contributed by atoms with Crippen LogP contribution in [0.1, 0.15) is 52.0 Å². The van der Waals surface area contributed by atoms with E-state index in [2.05, 4.69) is 36.3 Å². The molecule has 0 aromatic heterocycles. The van der Waals surface area contributed by atoms with Crippen molar-refractivity contribution in [1.82, 2.24) is 15.5 Å². The maximum Gasteiger partial charge on any atom is 0.191 e. The van der Waals surface area contributed by atoms with Crippen molar-refractivity contribution in [2.24, 2.45) is 16.8 Å². The molecular formula is C23H39FN4O. The molecule has 1 atom stereocenters. The Morgan fingerprint density at radius 1 is 1.24 bits per heavy atom. The first-order chi connectivity index (χ1) is 14.0. The van der Waals surface area contributed by atoms with E-state index >= 15 is 0 Å². The third-order valence-corrected chi connectivity index (χ3v) is 5.44. The Balaban J connectivity index is 1.82. The number of nitrogens with one attached hydrogen (secondary N) is 2. The summed E-state index contributed by atoms with van der Waals surface area (Å²) in [6.45, 7) is 11.3. The molecule has 0 amide bonds. The number of piperidine rings is 1. The number of aliphatic hydroxyl groups excluding tert-OH is 1. The van der Waals surface area contributed by atoms with Gasteiger partial charge in [-0.25, -0.2) is 4.39 Å². The van der Waals surface area contributed by atoms with Gasteiger partial charge in [0.15, 0.2) is 5.96 Å². The first-order valence-corrected chi connectivity index (χ1v) is 11.1. The molecule has 164 valence electrons. The van der Waals surface area contributed by atoms with Gasteiger partial charge in [0.05, 0.1) is 0 Å². The van der Waals surface area contributed by atoms with Crippen LogP contribution in [0.25, 0.3) is 0 Å². The van der Waals surface area contributed by atoms with Crippen molar-refractivity contribution < 1.29 is 9.50 Å². The minimum absolute atomic E-state index is 0.179. The van der Waals surface area contributed by atoms with Gasteiger partial charge in [0, 0.05) is 45.4 Å². The van der Waals surface area contributed by atoms with Crippen molar-refractivity contribution in [2.45, 2.75) is 59.0 Å². The quantitative estimate of drug-likeness (QED) is 0.412. The molecule has 0 radical (unpaired) electrons. The molecule has 2 rings (SSSR count). The van der Waals surface area contributed by atoms with Gasteiger partial charge in [-0.2, -0.15) is 0 Å². The molecule has 1 aromatic carbocycles. The number of benzene rings is 1. The van der Waals surface area contributed by atoms with Crippen molar-refractivity contribution in [3.63, 3.8) is 0 Å². The predicted octanol–water partition coefficient (Wildman–Crippen LogP) is 3.39. The first kappa shape index (κ1) is 23.6. The van der Waals surface area contributed by atoms with Crippen LogP contribution < -0.4 is 10.6 Å². The smallest absolute Gasteiger partial charge is 0.191 e. The van der Waals surface area contributed by atoms with Crippen LogP contribution in [-0.4, -0.2) is 54.8 Å². The summed E-state index contributed by atoms with van der Waals surface area (Å²) >= 11 is 0. The number of guanidine groups is 1. The molecule has 1 heterocycles. The average molecular weight is 407 g/mol. The normalized spacial score (nSPS) is 17.5. The van der Waals surface area contributed by atoms with E-state index < -0.39 is 0 Å². The lowest BCUT2D eigenvalue weighted by molar-refractivity contribution is 0.198. The molecule has 0 spiro atoms. The second-order valence-corrected chi connectivity index (χ2v) is 8.55. The van der Waals surface area contributed by atoms with Gasteiger partial charge in [0.2, 0.25) is 0 Å². The SMILES string of the molecule is CCNC(=NCC(CCO)CC(C)C)NC1CCN(Cc2ccc(F)cc2)CC1. The maximum atomic E-state index is 13.1. The van der Waals surface area contributed by atoms with E-state index in [4.69, 9.17) is 4.99 Å². The Kier molecular flexibility index (Phi) is 10.4. The lowest BCUT2D eigenvalue weighted by Gasteiger charge is -2.33. The van der Waals surface area contributed by atoms with Crippen LogP contribution in [0.3, 0.4) is 0 Å². The Bertz CT molecular complexity index is 597. The number of halogens is 1. The summed E-state index contributed by atoms with van der Waals surface area (Å²) in [4.78, 5) is 7.23. The highest BCUT2D eigenvalue weighted by molar-refractivity contribution is 5.80. The van der Waals surface area contributed by atoms with Crippen molar-refractivity contribution in [2.75, 3.05) is 32.8 Å². The molecule has 1 aliphatic heterocycles. The van der Waals surface area contributed by atoms with Gasteiger partial charge in [-0.05, 0) is 62.1 Å². The number of likely N-dealkylation sites (tertiary alicyclic amines) is 1. The van der Waals surface area contributed by atoms with E-state index in [1.54, 1.807) is 0 Å². The minimum Gasteiger partial charge on any atom is -0.396 e. The summed E-state index contributed by atoms with van der Waals surface area (Å²) in [5, 5.41) is 16.3.